The molecule has 4 N–H and O–H groups in total. The summed E-state index contributed by atoms with van der Waals surface area (Å²) in [4.78, 5) is 12.0. The number of rotatable bonds is 8. The van der Waals surface area contributed by atoms with Gasteiger partial charge < -0.3 is 16.4 Å². The van der Waals surface area contributed by atoms with E-state index in [1.54, 1.807) is 24.3 Å². The number of hydrogen-bond donors (Lipinski definition) is 3. The molecule has 0 atom stereocenters. The van der Waals surface area contributed by atoms with Crippen LogP contribution in [0.2, 0.25) is 0 Å². The number of nitriles is 1. The van der Waals surface area contributed by atoms with Crippen LogP contribution >= 0.6 is 0 Å². The molecule has 5 nitrogen and oxygen atoms in total. The molecular formula is C23H28N4O. The molecule has 0 aliphatic heterocycles. The molecule has 0 saturated carbocycles. The first-order valence-corrected chi connectivity index (χ1v) is 9.04. The largest absolute Gasteiger partial charge is 0.398 e. The van der Waals surface area contributed by atoms with Crippen molar-refractivity contribution in [3.8, 4) is 6.07 Å². The highest BCUT2D eigenvalue weighted by molar-refractivity contribution is 5.99. The van der Waals surface area contributed by atoms with E-state index < -0.39 is 0 Å². The molecule has 2 rings (SSSR count). The lowest BCUT2D eigenvalue weighted by Crippen LogP contribution is -2.32. The summed E-state index contributed by atoms with van der Waals surface area (Å²) in [6.07, 6.45) is 4.04. The number of para-hydroxylation sites is 1. The van der Waals surface area contributed by atoms with Gasteiger partial charge >= 0.3 is 0 Å². The second kappa shape index (κ2) is 12.9. The monoisotopic (exact) mass is 376 g/mol. The lowest BCUT2D eigenvalue weighted by molar-refractivity contribution is 0.0955. The Kier molecular flexibility index (Phi) is 10.5. The molecule has 5 heteroatoms. The maximum absolute atomic E-state index is 12.0. The zero-order chi connectivity index (χ0) is 20.8. The van der Waals surface area contributed by atoms with E-state index in [0.29, 0.717) is 24.3 Å². The van der Waals surface area contributed by atoms with Gasteiger partial charge in [0.1, 0.15) is 0 Å². The molecular weight excluding hydrogens is 348 g/mol. The van der Waals surface area contributed by atoms with Crippen LogP contribution in [0.25, 0.3) is 6.08 Å². The van der Waals surface area contributed by atoms with Gasteiger partial charge in [-0.1, -0.05) is 60.7 Å². The van der Waals surface area contributed by atoms with E-state index in [-0.39, 0.29) is 5.91 Å². The third-order valence-corrected chi connectivity index (χ3v) is 3.66. The summed E-state index contributed by atoms with van der Waals surface area (Å²) in [5.41, 5.74) is 10.2. The van der Waals surface area contributed by atoms with Crippen LogP contribution in [0.3, 0.4) is 0 Å². The summed E-state index contributed by atoms with van der Waals surface area (Å²) in [5.74, 6) is -0.145. The normalized spacial score (nSPS) is 9.89. The Morgan fingerprint density at radius 3 is 2.43 bits per heavy atom. The Morgan fingerprint density at radius 2 is 1.82 bits per heavy atom. The Bertz CT molecular complexity index is 832. The van der Waals surface area contributed by atoms with E-state index in [4.69, 9.17) is 11.0 Å². The van der Waals surface area contributed by atoms with Crippen LogP contribution in [0.5, 0.6) is 0 Å². The number of amides is 1. The minimum atomic E-state index is -0.145. The first-order valence-electron chi connectivity index (χ1n) is 9.04. The molecule has 0 saturated heterocycles. The third-order valence-electron chi connectivity index (χ3n) is 3.66. The molecule has 0 spiro atoms. The molecule has 0 radical (unpaired) electrons. The van der Waals surface area contributed by atoms with Crippen molar-refractivity contribution >= 4 is 17.7 Å². The standard InChI is InChI=1S/C21H25N3O.C2H3N/c1-16(2)7-8-17-9-11-18(12-10-17)15-23-13-14-24-21(25)19-5-3-4-6-20(19)22;1-2-3/h3-12,23H,1,13-15,22H2,2H3,(H,24,25);1H3/b8-7+;. The van der Waals surface area contributed by atoms with Gasteiger partial charge in [-0.3, -0.25) is 4.79 Å². The number of allylic oxidation sites excluding steroid dienone is 2. The average molecular weight is 377 g/mol. The number of hydrogen-bond acceptors (Lipinski definition) is 4. The molecule has 0 aliphatic rings. The van der Waals surface area contributed by atoms with E-state index in [1.807, 2.05) is 25.1 Å². The van der Waals surface area contributed by atoms with Gasteiger partial charge in [-0.15, -0.1) is 0 Å². The van der Waals surface area contributed by atoms with Crippen molar-refractivity contribution in [2.45, 2.75) is 20.4 Å². The summed E-state index contributed by atoms with van der Waals surface area (Å²) in [6.45, 7) is 9.25. The molecule has 0 aliphatic carbocycles. The Balaban J connectivity index is 0.00000122. The zero-order valence-electron chi connectivity index (χ0n) is 16.5. The highest BCUT2D eigenvalue weighted by atomic mass is 16.1. The molecule has 146 valence electrons. The van der Waals surface area contributed by atoms with E-state index in [0.717, 1.165) is 17.7 Å². The first kappa shape index (κ1) is 22.7. The maximum Gasteiger partial charge on any atom is 0.253 e. The Hall–Kier alpha value is -3.36. The molecule has 0 fully saturated rings. The van der Waals surface area contributed by atoms with Gasteiger partial charge in [0.25, 0.3) is 5.91 Å². The van der Waals surface area contributed by atoms with Crippen molar-refractivity contribution in [3.63, 3.8) is 0 Å². The smallest absolute Gasteiger partial charge is 0.253 e. The highest BCUT2D eigenvalue weighted by Crippen LogP contribution is 2.09. The van der Waals surface area contributed by atoms with Gasteiger partial charge in [-0.05, 0) is 30.2 Å². The predicted molar refractivity (Wildman–Crippen MR) is 116 cm³/mol. The van der Waals surface area contributed by atoms with Crippen molar-refractivity contribution in [3.05, 3.63) is 83.4 Å². The minimum Gasteiger partial charge on any atom is -0.398 e. The number of carbonyl (C=O) groups is 1. The van der Waals surface area contributed by atoms with Crippen LogP contribution in [0.4, 0.5) is 5.69 Å². The lowest BCUT2D eigenvalue weighted by atomic mass is 10.1. The number of nitrogens with zero attached hydrogens (tertiary/aromatic N) is 1. The van der Waals surface area contributed by atoms with Gasteiger partial charge in [-0.2, -0.15) is 5.26 Å². The second-order valence-electron chi connectivity index (χ2n) is 6.16. The fraction of sp³-hybridized carbons (Fsp3) is 0.217. The number of nitrogens with two attached hydrogens (primary N) is 1. The van der Waals surface area contributed by atoms with Crippen molar-refractivity contribution in [1.29, 1.82) is 5.26 Å². The molecule has 0 unspecified atom stereocenters. The summed E-state index contributed by atoms with van der Waals surface area (Å²) < 4.78 is 0. The first-order chi connectivity index (χ1) is 13.5. The van der Waals surface area contributed by atoms with Gasteiger partial charge in [0.05, 0.1) is 11.6 Å². The quantitative estimate of drug-likeness (QED) is 0.370. The molecule has 0 bridgehead atoms. The lowest BCUT2D eigenvalue weighted by Gasteiger charge is -2.08. The Morgan fingerprint density at radius 1 is 1.18 bits per heavy atom. The van der Waals surface area contributed by atoms with Gasteiger partial charge in [0, 0.05) is 32.2 Å². The molecule has 2 aromatic rings. The molecule has 0 heterocycles. The third kappa shape index (κ3) is 8.84. The van der Waals surface area contributed by atoms with Crippen molar-refractivity contribution in [2.24, 2.45) is 0 Å². The minimum absolute atomic E-state index is 0.145. The van der Waals surface area contributed by atoms with Crippen molar-refractivity contribution in [1.82, 2.24) is 10.6 Å². The summed E-state index contributed by atoms with van der Waals surface area (Å²) >= 11 is 0. The van der Waals surface area contributed by atoms with Gasteiger partial charge in [0.15, 0.2) is 0 Å². The van der Waals surface area contributed by atoms with Crippen LogP contribution in [-0.4, -0.2) is 19.0 Å². The number of nitrogen functional groups attached to an aromatic ring is 1. The molecule has 28 heavy (non-hydrogen) atoms. The number of carbonyl (C=O) groups excluding carboxylic acids is 1. The van der Waals surface area contributed by atoms with E-state index >= 15 is 0 Å². The fourth-order valence-corrected chi connectivity index (χ4v) is 2.28. The van der Waals surface area contributed by atoms with E-state index in [1.165, 1.54) is 12.5 Å². The van der Waals surface area contributed by atoms with Gasteiger partial charge in [0.2, 0.25) is 0 Å². The van der Waals surface area contributed by atoms with E-state index in [2.05, 4.69) is 41.5 Å². The van der Waals surface area contributed by atoms with Crippen molar-refractivity contribution < 1.29 is 4.79 Å². The average Bonchev–Trinajstić information content (AvgIpc) is 2.68. The molecule has 0 aromatic heterocycles. The molecule has 2 aromatic carbocycles. The number of anilines is 1. The summed E-state index contributed by atoms with van der Waals surface area (Å²) in [7, 11) is 0. The fourth-order valence-electron chi connectivity index (χ4n) is 2.28. The van der Waals surface area contributed by atoms with Crippen LogP contribution in [0.15, 0.2) is 66.8 Å². The predicted octanol–water partition coefficient (Wildman–Crippen LogP) is 3.91. The topological polar surface area (TPSA) is 90.9 Å². The number of nitrogens with one attached hydrogen (secondary N) is 2. The van der Waals surface area contributed by atoms with Crippen LogP contribution < -0.4 is 16.4 Å². The zero-order valence-corrected chi connectivity index (χ0v) is 16.5. The highest BCUT2D eigenvalue weighted by Gasteiger charge is 2.07. The van der Waals surface area contributed by atoms with Gasteiger partial charge in [-0.25, -0.2) is 0 Å². The SMILES string of the molecule is C=C(C)/C=C/c1ccc(CNCCNC(=O)c2ccccc2N)cc1.CC#N. The number of benzene rings is 2. The summed E-state index contributed by atoms with van der Waals surface area (Å²) in [6, 6.07) is 17.2. The molecule has 1 amide bonds. The Labute approximate surface area is 167 Å². The van der Waals surface area contributed by atoms with Crippen LogP contribution in [-0.2, 0) is 6.54 Å². The van der Waals surface area contributed by atoms with Crippen LogP contribution in [0, 0.1) is 11.3 Å². The maximum atomic E-state index is 12.0. The summed E-state index contributed by atoms with van der Waals surface area (Å²) in [5, 5.41) is 13.5. The second-order valence-corrected chi connectivity index (χ2v) is 6.16. The van der Waals surface area contributed by atoms with E-state index in [9.17, 15) is 4.79 Å². The van der Waals surface area contributed by atoms with Crippen LogP contribution in [0.1, 0.15) is 35.3 Å². The van der Waals surface area contributed by atoms with Crippen molar-refractivity contribution in [2.75, 3.05) is 18.8 Å².